The lowest BCUT2D eigenvalue weighted by Crippen LogP contribution is -2.31. The van der Waals surface area contributed by atoms with E-state index in [1.165, 1.54) is 19.3 Å². The number of fused-ring (bicyclic) bond motifs is 7. The van der Waals surface area contributed by atoms with Crippen molar-refractivity contribution in [3.05, 3.63) is 50.3 Å². The van der Waals surface area contributed by atoms with Gasteiger partial charge in [0.05, 0.1) is 23.3 Å². The maximum atomic E-state index is 15.1. The lowest BCUT2D eigenvalue weighted by Gasteiger charge is -2.26. The highest BCUT2D eigenvalue weighted by atomic mass is 19.2. The molecule has 1 fully saturated rings. The van der Waals surface area contributed by atoms with E-state index in [4.69, 9.17) is 14.5 Å². The summed E-state index contributed by atoms with van der Waals surface area (Å²) < 4.78 is 42.6. The van der Waals surface area contributed by atoms with Crippen LogP contribution in [0.25, 0.3) is 22.3 Å². The summed E-state index contributed by atoms with van der Waals surface area (Å²) in [5.41, 5.74) is 1.09. The molecule has 1 N–H and O–H groups in total. The minimum atomic E-state index is -1.73. The van der Waals surface area contributed by atoms with Crippen LogP contribution in [0.2, 0.25) is 0 Å². The van der Waals surface area contributed by atoms with E-state index in [1.54, 1.807) is 17.6 Å². The molecule has 0 saturated carbocycles. The van der Waals surface area contributed by atoms with Crippen LogP contribution in [0, 0.1) is 11.6 Å². The number of hydrogen-bond donors (Lipinski definition) is 1. The van der Waals surface area contributed by atoms with E-state index in [0.717, 1.165) is 37.2 Å². The monoisotopic (exact) mass is 537 g/mol. The maximum absolute atomic E-state index is 15.1. The Morgan fingerprint density at radius 2 is 1.82 bits per heavy atom. The number of nitrogens with zero attached hydrogens (tertiary/aromatic N) is 3. The van der Waals surface area contributed by atoms with Gasteiger partial charge < -0.3 is 24.0 Å². The largest absolute Gasteiger partial charge is 0.454 e. The first-order valence-electron chi connectivity index (χ1n) is 13.7. The summed E-state index contributed by atoms with van der Waals surface area (Å²) in [6.07, 6.45) is 4.94. The predicted molar refractivity (Wildman–Crippen MR) is 138 cm³/mol. The number of Topliss-reactive ketones (excluding diaryl/α,β-unsaturated/α-hetero) is 1. The highest BCUT2D eigenvalue weighted by molar-refractivity contribution is 5.98. The van der Waals surface area contributed by atoms with Gasteiger partial charge in [0.2, 0.25) is 18.4 Å². The number of piperidine rings is 1. The van der Waals surface area contributed by atoms with Crippen molar-refractivity contribution in [2.24, 2.45) is 0 Å². The quantitative estimate of drug-likeness (QED) is 0.416. The van der Waals surface area contributed by atoms with Gasteiger partial charge in [0, 0.05) is 23.1 Å². The van der Waals surface area contributed by atoms with E-state index in [0.29, 0.717) is 34.3 Å². The normalized spacial score (nSPS) is 21.5. The molecule has 1 saturated heterocycles. The Bertz CT molecular complexity index is 1630. The second-order valence-electron chi connectivity index (χ2n) is 11.0. The van der Waals surface area contributed by atoms with Gasteiger partial charge in [0.25, 0.3) is 5.56 Å². The van der Waals surface area contributed by atoms with Gasteiger partial charge >= 0.3 is 0 Å². The first kappa shape index (κ1) is 24.7. The molecular formula is C29H29F2N3O5. The first-order chi connectivity index (χ1) is 18.8. The SMILES string of the molecule is CCC1(O)C(=O)Cc2c1cc1n(c2=O)Cc2c-1nc1c3c(F)c(F)c(c1c2CCCN1CCCCC1)OCO3. The minimum absolute atomic E-state index is 0.125. The molecule has 1 aromatic carbocycles. The predicted octanol–water partition coefficient (Wildman–Crippen LogP) is 3.57. The van der Waals surface area contributed by atoms with Crippen LogP contribution in [0.1, 0.15) is 61.3 Å². The molecule has 10 heteroatoms. The topological polar surface area (TPSA) is 93.9 Å². The number of ether oxygens (including phenoxy) is 2. The molecule has 204 valence electrons. The van der Waals surface area contributed by atoms with Crippen molar-refractivity contribution in [3.8, 4) is 22.9 Å². The van der Waals surface area contributed by atoms with E-state index >= 15 is 4.39 Å². The molecule has 4 aliphatic heterocycles. The number of carbonyl (C=O) groups excluding carboxylic acids is 1. The third-order valence-electron chi connectivity index (χ3n) is 8.92. The molecule has 39 heavy (non-hydrogen) atoms. The lowest BCUT2D eigenvalue weighted by molar-refractivity contribution is -0.136. The van der Waals surface area contributed by atoms with Crippen LogP contribution in [0.4, 0.5) is 8.78 Å². The molecule has 0 amide bonds. The highest BCUT2D eigenvalue weighted by Gasteiger charge is 2.46. The summed E-state index contributed by atoms with van der Waals surface area (Å²) in [7, 11) is 0. The Kier molecular flexibility index (Phi) is 5.58. The summed E-state index contributed by atoms with van der Waals surface area (Å²) >= 11 is 0. The van der Waals surface area contributed by atoms with Crippen LogP contribution in [0.5, 0.6) is 11.5 Å². The third-order valence-corrected chi connectivity index (χ3v) is 8.92. The van der Waals surface area contributed by atoms with E-state index in [2.05, 4.69) is 4.90 Å². The van der Waals surface area contributed by atoms with Crippen LogP contribution >= 0.6 is 0 Å². The molecule has 5 aliphatic rings. The minimum Gasteiger partial charge on any atom is -0.454 e. The van der Waals surface area contributed by atoms with Crippen molar-refractivity contribution < 1.29 is 28.2 Å². The van der Waals surface area contributed by atoms with Gasteiger partial charge in [0.15, 0.2) is 17.3 Å². The first-order valence-corrected chi connectivity index (χ1v) is 13.7. The molecule has 1 atom stereocenters. The lowest BCUT2D eigenvalue weighted by atomic mass is 9.91. The zero-order valence-corrected chi connectivity index (χ0v) is 21.7. The van der Waals surface area contributed by atoms with Gasteiger partial charge in [0.1, 0.15) is 11.1 Å². The maximum Gasteiger partial charge on any atom is 0.255 e. The number of rotatable bonds is 5. The van der Waals surface area contributed by atoms with Crippen LogP contribution in [0.15, 0.2) is 10.9 Å². The number of aryl methyl sites for hydroxylation is 1. The number of pyridine rings is 2. The molecule has 0 spiro atoms. The molecule has 2 aromatic heterocycles. The van der Waals surface area contributed by atoms with E-state index < -0.39 is 23.0 Å². The van der Waals surface area contributed by atoms with E-state index in [1.807, 2.05) is 0 Å². The number of halogens is 2. The van der Waals surface area contributed by atoms with Crippen molar-refractivity contribution in [3.63, 3.8) is 0 Å². The van der Waals surface area contributed by atoms with Gasteiger partial charge in [-0.15, -0.1) is 0 Å². The summed E-state index contributed by atoms with van der Waals surface area (Å²) in [6, 6.07) is 1.67. The van der Waals surface area contributed by atoms with Gasteiger partial charge in [-0.05, 0) is 63.4 Å². The smallest absolute Gasteiger partial charge is 0.255 e. The van der Waals surface area contributed by atoms with Crippen LogP contribution in [-0.2, 0) is 29.8 Å². The Morgan fingerprint density at radius 3 is 2.59 bits per heavy atom. The average Bonchev–Trinajstić information content (AvgIpc) is 3.29. The Labute approximate surface area is 223 Å². The van der Waals surface area contributed by atoms with Gasteiger partial charge in [-0.2, -0.15) is 8.78 Å². The van der Waals surface area contributed by atoms with E-state index in [-0.39, 0.29) is 48.8 Å². The number of ketones is 1. The standard InChI is InChI=1S/C29H29F2N3O5/c1-2-29(37)18-12-19-24-17(13-34(19)28(36)16(18)11-20(29)35)15(7-6-10-33-8-4-3-5-9-33)21-25(32-24)27-23(31)22(30)26(21)38-14-39-27/h12,37H,2-11,13-14H2,1H3. The summed E-state index contributed by atoms with van der Waals surface area (Å²) in [5.74, 6) is -3.19. The van der Waals surface area contributed by atoms with Gasteiger partial charge in [-0.1, -0.05) is 13.3 Å². The van der Waals surface area contributed by atoms with Gasteiger partial charge in [-0.25, -0.2) is 4.98 Å². The molecule has 1 unspecified atom stereocenters. The molecule has 0 radical (unpaired) electrons. The Hall–Kier alpha value is -3.37. The zero-order valence-electron chi connectivity index (χ0n) is 21.7. The fraction of sp³-hybridized carbons (Fsp3) is 0.483. The fourth-order valence-electron chi connectivity index (χ4n) is 6.81. The van der Waals surface area contributed by atoms with Crippen LogP contribution in [0.3, 0.4) is 0 Å². The number of aromatic nitrogens is 2. The van der Waals surface area contributed by atoms with Crippen molar-refractivity contribution in [1.82, 2.24) is 14.5 Å². The second kappa shape index (κ2) is 8.82. The summed E-state index contributed by atoms with van der Waals surface area (Å²) in [4.78, 5) is 33.4. The highest BCUT2D eigenvalue weighted by Crippen LogP contribution is 2.47. The second-order valence-corrected chi connectivity index (χ2v) is 11.0. The molecule has 3 aromatic rings. The van der Waals surface area contributed by atoms with Crippen LogP contribution < -0.4 is 15.0 Å². The van der Waals surface area contributed by atoms with Crippen molar-refractivity contribution in [2.75, 3.05) is 26.4 Å². The Morgan fingerprint density at radius 1 is 1.08 bits per heavy atom. The number of carbonyl (C=O) groups is 1. The van der Waals surface area contributed by atoms with E-state index in [9.17, 15) is 19.1 Å². The van der Waals surface area contributed by atoms with Crippen molar-refractivity contribution in [2.45, 2.75) is 64.0 Å². The Balaban J connectivity index is 1.42. The number of benzene rings is 1. The number of hydrogen-bond acceptors (Lipinski definition) is 7. The van der Waals surface area contributed by atoms with Gasteiger partial charge in [-0.3, -0.25) is 9.59 Å². The zero-order chi connectivity index (χ0) is 27.1. The molecule has 8 nitrogen and oxygen atoms in total. The number of aliphatic hydroxyl groups is 1. The van der Waals surface area contributed by atoms with Crippen molar-refractivity contribution >= 4 is 16.7 Å². The molecule has 2 bridgehead atoms. The molecule has 8 rings (SSSR count). The molecule has 1 aliphatic carbocycles. The van der Waals surface area contributed by atoms with Crippen LogP contribution in [-0.4, -0.2) is 51.8 Å². The third kappa shape index (κ3) is 3.43. The average molecular weight is 538 g/mol. The molecule has 6 heterocycles. The fourth-order valence-corrected chi connectivity index (χ4v) is 6.81. The van der Waals surface area contributed by atoms with Crippen molar-refractivity contribution in [1.29, 1.82) is 0 Å². The molecular weight excluding hydrogens is 508 g/mol. The number of likely N-dealkylation sites (tertiary alicyclic amines) is 1. The summed E-state index contributed by atoms with van der Waals surface area (Å²) in [5, 5.41) is 11.5. The summed E-state index contributed by atoms with van der Waals surface area (Å²) in [6.45, 7) is 4.52.